The molecular formula is C22H19F4N3O4. The first-order valence-corrected chi connectivity index (χ1v) is 9.54. The van der Waals surface area contributed by atoms with Gasteiger partial charge in [0.25, 0.3) is 5.91 Å². The van der Waals surface area contributed by atoms with Crippen LogP contribution in [0.25, 0.3) is 0 Å². The lowest BCUT2D eigenvalue weighted by atomic mass is 10.1. The SMILES string of the molecule is COc1cc(NC(=O)c2ccc(C(F)(F)F)cc2Oc2ccc(F)cc2OCCN)ccn1. The van der Waals surface area contributed by atoms with Crippen molar-refractivity contribution in [3.05, 3.63) is 71.7 Å². The van der Waals surface area contributed by atoms with Gasteiger partial charge in [-0.3, -0.25) is 4.79 Å². The molecule has 33 heavy (non-hydrogen) atoms. The summed E-state index contributed by atoms with van der Waals surface area (Å²) in [5, 5.41) is 2.55. The van der Waals surface area contributed by atoms with E-state index < -0.39 is 29.2 Å². The highest BCUT2D eigenvalue weighted by Crippen LogP contribution is 2.38. The molecule has 3 rings (SSSR count). The van der Waals surface area contributed by atoms with Crippen LogP contribution in [0, 0.1) is 5.82 Å². The van der Waals surface area contributed by atoms with E-state index in [4.69, 9.17) is 19.9 Å². The molecule has 1 aromatic heterocycles. The number of halogens is 4. The van der Waals surface area contributed by atoms with Crippen molar-refractivity contribution in [3.63, 3.8) is 0 Å². The average Bonchev–Trinajstić information content (AvgIpc) is 2.78. The molecule has 0 aliphatic rings. The first-order valence-electron chi connectivity index (χ1n) is 9.54. The molecule has 3 aromatic rings. The van der Waals surface area contributed by atoms with Crippen LogP contribution in [0.15, 0.2) is 54.7 Å². The minimum Gasteiger partial charge on any atom is -0.488 e. The number of carbonyl (C=O) groups excluding carboxylic acids is 1. The predicted octanol–water partition coefficient (Wildman–Crippen LogP) is 4.63. The predicted molar refractivity (Wildman–Crippen MR) is 111 cm³/mol. The molecule has 0 fully saturated rings. The number of ether oxygens (including phenoxy) is 3. The number of nitrogens with one attached hydrogen (secondary N) is 1. The lowest BCUT2D eigenvalue weighted by Gasteiger charge is -2.17. The van der Waals surface area contributed by atoms with Crippen LogP contribution in [-0.4, -0.2) is 31.2 Å². The molecule has 0 saturated heterocycles. The lowest BCUT2D eigenvalue weighted by Crippen LogP contribution is -2.15. The van der Waals surface area contributed by atoms with E-state index in [0.29, 0.717) is 11.8 Å². The summed E-state index contributed by atoms with van der Waals surface area (Å²) >= 11 is 0. The summed E-state index contributed by atoms with van der Waals surface area (Å²) in [6, 6.07) is 8.55. The number of carbonyl (C=O) groups is 1. The van der Waals surface area contributed by atoms with Crippen LogP contribution in [0.3, 0.4) is 0 Å². The number of nitrogens with zero attached hydrogens (tertiary/aromatic N) is 1. The molecule has 0 spiro atoms. The smallest absolute Gasteiger partial charge is 0.416 e. The number of nitrogens with two attached hydrogens (primary N) is 1. The summed E-state index contributed by atoms with van der Waals surface area (Å²) in [4.78, 5) is 16.8. The molecule has 2 aromatic carbocycles. The zero-order valence-corrected chi connectivity index (χ0v) is 17.3. The maximum Gasteiger partial charge on any atom is 0.416 e. The Kier molecular flexibility index (Phi) is 7.34. The molecule has 1 amide bonds. The van der Waals surface area contributed by atoms with Gasteiger partial charge in [0, 0.05) is 30.6 Å². The zero-order valence-electron chi connectivity index (χ0n) is 17.3. The molecule has 0 aliphatic carbocycles. The normalized spacial score (nSPS) is 11.1. The van der Waals surface area contributed by atoms with Gasteiger partial charge < -0.3 is 25.3 Å². The van der Waals surface area contributed by atoms with Gasteiger partial charge in [-0.25, -0.2) is 9.37 Å². The van der Waals surface area contributed by atoms with Crippen molar-refractivity contribution in [1.82, 2.24) is 4.98 Å². The number of anilines is 1. The maximum atomic E-state index is 13.7. The molecule has 0 unspecified atom stereocenters. The van der Waals surface area contributed by atoms with Crippen LogP contribution in [0.2, 0.25) is 0 Å². The van der Waals surface area contributed by atoms with E-state index in [9.17, 15) is 22.4 Å². The Labute approximate surface area is 186 Å². The third kappa shape index (κ3) is 6.10. The topological polar surface area (TPSA) is 95.7 Å². The minimum atomic E-state index is -4.69. The third-order valence-electron chi connectivity index (χ3n) is 4.26. The maximum absolute atomic E-state index is 13.7. The van der Waals surface area contributed by atoms with Gasteiger partial charge in [0.1, 0.15) is 18.2 Å². The Morgan fingerprint density at radius 3 is 2.55 bits per heavy atom. The van der Waals surface area contributed by atoms with E-state index in [-0.39, 0.29) is 36.1 Å². The molecule has 0 radical (unpaired) electrons. The molecule has 1 heterocycles. The van der Waals surface area contributed by atoms with Crippen LogP contribution in [-0.2, 0) is 6.18 Å². The Morgan fingerprint density at radius 2 is 1.85 bits per heavy atom. The molecule has 0 bridgehead atoms. The van der Waals surface area contributed by atoms with Crippen LogP contribution in [0.5, 0.6) is 23.1 Å². The number of pyridine rings is 1. The second-order valence-corrected chi connectivity index (χ2v) is 6.58. The second-order valence-electron chi connectivity index (χ2n) is 6.58. The molecule has 0 atom stereocenters. The Morgan fingerprint density at radius 1 is 1.06 bits per heavy atom. The quantitative estimate of drug-likeness (QED) is 0.471. The highest BCUT2D eigenvalue weighted by molar-refractivity contribution is 6.06. The monoisotopic (exact) mass is 465 g/mol. The van der Waals surface area contributed by atoms with Crippen molar-refractivity contribution < 1.29 is 36.6 Å². The van der Waals surface area contributed by atoms with Crippen molar-refractivity contribution in [3.8, 4) is 23.1 Å². The third-order valence-corrected chi connectivity index (χ3v) is 4.26. The standard InChI is InChI=1S/C22H19F4N3O4/c1-31-20-12-15(6-8-28-20)29-21(30)16-4-2-13(22(24,25)26)10-18(16)33-17-5-3-14(23)11-19(17)32-9-7-27/h2-6,8,10-12H,7,9,27H2,1H3,(H,28,29,30). The summed E-state index contributed by atoms with van der Waals surface area (Å²) in [7, 11) is 1.39. The van der Waals surface area contributed by atoms with E-state index in [1.54, 1.807) is 0 Å². The summed E-state index contributed by atoms with van der Waals surface area (Å²) in [6.45, 7) is 0.127. The number of benzene rings is 2. The zero-order chi connectivity index (χ0) is 24.0. The van der Waals surface area contributed by atoms with Gasteiger partial charge in [-0.2, -0.15) is 13.2 Å². The molecule has 0 saturated carbocycles. The lowest BCUT2D eigenvalue weighted by molar-refractivity contribution is -0.137. The number of methoxy groups -OCH3 is 1. The van der Waals surface area contributed by atoms with E-state index in [0.717, 1.165) is 24.3 Å². The largest absolute Gasteiger partial charge is 0.488 e. The molecular weight excluding hydrogens is 446 g/mol. The van der Waals surface area contributed by atoms with Gasteiger partial charge in [0.05, 0.1) is 18.2 Å². The van der Waals surface area contributed by atoms with Crippen LogP contribution in [0.1, 0.15) is 15.9 Å². The van der Waals surface area contributed by atoms with Gasteiger partial charge in [0.2, 0.25) is 5.88 Å². The Bertz CT molecular complexity index is 1140. The molecule has 7 nitrogen and oxygen atoms in total. The highest BCUT2D eigenvalue weighted by Gasteiger charge is 2.32. The fraction of sp³-hybridized carbons (Fsp3) is 0.182. The van der Waals surface area contributed by atoms with E-state index >= 15 is 0 Å². The van der Waals surface area contributed by atoms with Crippen molar-refractivity contribution in [2.45, 2.75) is 6.18 Å². The van der Waals surface area contributed by atoms with E-state index in [2.05, 4.69) is 10.3 Å². The van der Waals surface area contributed by atoms with Gasteiger partial charge in [0.15, 0.2) is 11.5 Å². The Balaban J connectivity index is 1.99. The minimum absolute atomic E-state index is 0.0135. The summed E-state index contributed by atoms with van der Waals surface area (Å²) in [6.07, 6.45) is -3.30. The van der Waals surface area contributed by atoms with Crippen molar-refractivity contribution in [2.24, 2.45) is 5.73 Å². The summed E-state index contributed by atoms with van der Waals surface area (Å²) in [5.41, 5.74) is 4.45. The number of amides is 1. The van der Waals surface area contributed by atoms with Crippen LogP contribution in [0.4, 0.5) is 23.2 Å². The number of alkyl halides is 3. The molecule has 0 aliphatic heterocycles. The van der Waals surface area contributed by atoms with Crippen LogP contribution >= 0.6 is 0 Å². The van der Waals surface area contributed by atoms with E-state index in [1.807, 2.05) is 0 Å². The first-order chi connectivity index (χ1) is 15.7. The fourth-order valence-corrected chi connectivity index (χ4v) is 2.73. The molecule has 3 N–H and O–H groups in total. The summed E-state index contributed by atoms with van der Waals surface area (Å²) < 4.78 is 69.5. The van der Waals surface area contributed by atoms with E-state index in [1.165, 1.54) is 31.5 Å². The first kappa shape index (κ1) is 23.8. The Hall–Kier alpha value is -3.86. The van der Waals surface area contributed by atoms with Crippen LogP contribution < -0.4 is 25.3 Å². The molecule has 11 heteroatoms. The average molecular weight is 465 g/mol. The number of hydrogen-bond acceptors (Lipinski definition) is 6. The summed E-state index contributed by atoms with van der Waals surface area (Å²) in [5.74, 6) is -1.76. The van der Waals surface area contributed by atoms with Crippen molar-refractivity contribution in [2.75, 3.05) is 25.6 Å². The fourth-order valence-electron chi connectivity index (χ4n) is 2.73. The van der Waals surface area contributed by atoms with Crippen molar-refractivity contribution >= 4 is 11.6 Å². The number of aromatic nitrogens is 1. The second kappa shape index (κ2) is 10.2. The van der Waals surface area contributed by atoms with Gasteiger partial charge in [-0.05, 0) is 36.4 Å². The number of rotatable bonds is 8. The highest BCUT2D eigenvalue weighted by atomic mass is 19.4. The molecule has 174 valence electrons. The van der Waals surface area contributed by atoms with Gasteiger partial charge in [-0.1, -0.05) is 0 Å². The number of hydrogen-bond donors (Lipinski definition) is 2. The van der Waals surface area contributed by atoms with Gasteiger partial charge in [-0.15, -0.1) is 0 Å². The van der Waals surface area contributed by atoms with Crippen molar-refractivity contribution in [1.29, 1.82) is 0 Å². The van der Waals surface area contributed by atoms with Gasteiger partial charge >= 0.3 is 6.18 Å².